The van der Waals surface area contributed by atoms with Gasteiger partial charge >= 0.3 is 0 Å². The number of rotatable bonds is 4. The molecule has 2 N–H and O–H groups in total. The number of nitrogens with zero attached hydrogens (tertiary/aromatic N) is 1. The van der Waals surface area contributed by atoms with Crippen molar-refractivity contribution in [2.45, 2.75) is 6.04 Å². The molecule has 0 aliphatic rings. The number of aromatic nitrogens is 1. The number of ether oxygens (including phenoxy) is 2. The predicted molar refractivity (Wildman–Crippen MR) is 74.8 cm³/mol. The zero-order chi connectivity index (χ0) is 13.8. The van der Waals surface area contributed by atoms with Gasteiger partial charge in [-0.2, -0.15) is 0 Å². The van der Waals surface area contributed by atoms with Crippen molar-refractivity contribution in [3.63, 3.8) is 0 Å². The molecule has 1 unspecified atom stereocenters. The Hall–Kier alpha value is -1.78. The summed E-state index contributed by atoms with van der Waals surface area (Å²) in [7, 11) is 3.11. The highest BCUT2D eigenvalue weighted by Gasteiger charge is 2.16. The molecule has 19 heavy (non-hydrogen) atoms. The molecular formula is C14H15ClN2O2. The summed E-state index contributed by atoms with van der Waals surface area (Å²) in [6, 6.07) is 7.05. The van der Waals surface area contributed by atoms with E-state index in [0.29, 0.717) is 16.5 Å². The molecule has 0 radical (unpaired) electrons. The monoisotopic (exact) mass is 278 g/mol. The van der Waals surface area contributed by atoms with E-state index in [1.54, 1.807) is 32.7 Å². The van der Waals surface area contributed by atoms with Crippen LogP contribution in [0.3, 0.4) is 0 Å². The molecular weight excluding hydrogens is 264 g/mol. The van der Waals surface area contributed by atoms with Crippen LogP contribution in [0.25, 0.3) is 0 Å². The summed E-state index contributed by atoms with van der Waals surface area (Å²) < 4.78 is 10.5. The van der Waals surface area contributed by atoms with Crippen molar-refractivity contribution in [1.82, 2.24) is 4.98 Å². The average Bonchev–Trinajstić information content (AvgIpc) is 2.46. The van der Waals surface area contributed by atoms with Crippen LogP contribution in [0.4, 0.5) is 0 Å². The van der Waals surface area contributed by atoms with Crippen LogP contribution < -0.4 is 15.2 Å². The Bertz CT molecular complexity index is 561. The van der Waals surface area contributed by atoms with E-state index in [0.717, 1.165) is 11.1 Å². The third-order valence-corrected chi connectivity index (χ3v) is 3.14. The van der Waals surface area contributed by atoms with Crippen molar-refractivity contribution in [2.24, 2.45) is 5.73 Å². The first-order valence-electron chi connectivity index (χ1n) is 5.74. The van der Waals surface area contributed by atoms with Crippen LogP contribution in [-0.2, 0) is 0 Å². The van der Waals surface area contributed by atoms with Crippen LogP contribution in [-0.4, -0.2) is 19.2 Å². The molecule has 0 amide bonds. The molecule has 1 aromatic heterocycles. The fourth-order valence-electron chi connectivity index (χ4n) is 1.87. The largest absolute Gasteiger partial charge is 0.493 e. The van der Waals surface area contributed by atoms with Crippen LogP contribution in [0, 0.1) is 0 Å². The first-order chi connectivity index (χ1) is 9.17. The van der Waals surface area contributed by atoms with Gasteiger partial charge < -0.3 is 15.2 Å². The quantitative estimate of drug-likeness (QED) is 0.934. The zero-order valence-electron chi connectivity index (χ0n) is 10.8. The molecule has 0 spiro atoms. The molecule has 1 heterocycles. The lowest BCUT2D eigenvalue weighted by Crippen LogP contribution is -2.12. The minimum Gasteiger partial charge on any atom is -0.493 e. The van der Waals surface area contributed by atoms with Gasteiger partial charge in [-0.25, -0.2) is 0 Å². The normalized spacial score (nSPS) is 12.0. The first-order valence-corrected chi connectivity index (χ1v) is 6.12. The predicted octanol–water partition coefficient (Wildman–Crippen LogP) is 2.80. The second kappa shape index (κ2) is 5.91. The summed E-state index contributed by atoms with van der Waals surface area (Å²) in [5.74, 6) is 1.07. The van der Waals surface area contributed by atoms with E-state index in [9.17, 15) is 0 Å². The lowest BCUT2D eigenvalue weighted by atomic mass is 10.0. The number of methoxy groups -OCH3 is 2. The highest BCUT2D eigenvalue weighted by atomic mass is 35.5. The number of hydrogen-bond donors (Lipinski definition) is 1. The van der Waals surface area contributed by atoms with Crippen LogP contribution in [0.2, 0.25) is 5.02 Å². The standard InChI is InChI=1S/C14H15ClN2O2/c1-18-12-7-10(6-11(15)14(12)19-2)13(16)9-4-3-5-17-8-9/h3-8,13H,16H2,1-2H3. The van der Waals surface area contributed by atoms with E-state index in [4.69, 9.17) is 26.8 Å². The van der Waals surface area contributed by atoms with Gasteiger partial charge in [-0.1, -0.05) is 17.7 Å². The fraction of sp³-hybridized carbons (Fsp3) is 0.214. The second-order valence-electron chi connectivity index (χ2n) is 4.00. The summed E-state index contributed by atoms with van der Waals surface area (Å²) in [5.41, 5.74) is 7.96. The summed E-state index contributed by atoms with van der Waals surface area (Å²) in [6.45, 7) is 0. The molecule has 0 bridgehead atoms. The fourth-order valence-corrected chi connectivity index (χ4v) is 2.17. The molecule has 0 aliphatic heterocycles. The number of benzene rings is 1. The van der Waals surface area contributed by atoms with E-state index >= 15 is 0 Å². The maximum absolute atomic E-state index is 6.21. The minimum absolute atomic E-state index is 0.314. The molecule has 0 aliphatic carbocycles. The van der Waals surface area contributed by atoms with Crippen LogP contribution in [0.15, 0.2) is 36.7 Å². The maximum Gasteiger partial charge on any atom is 0.179 e. The molecule has 100 valence electrons. The number of hydrogen-bond acceptors (Lipinski definition) is 4. The first kappa shape index (κ1) is 13.6. The van der Waals surface area contributed by atoms with E-state index < -0.39 is 0 Å². The van der Waals surface area contributed by atoms with Crippen LogP contribution in [0.5, 0.6) is 11.5 Å². The highest BCUT2D eigenvalue weighted by Crippen LogP contribution is 2.38. The minimum atomic E-state index is -0.314. The van der Waals surface area contributed by atoms with Gasteiger partial charge in [0.2, 0.25) is 0 Å². The maximum atomic E-state index is 6.21. The van der Waals surface area contributed by atoms with Gasteiger partial charge in [-0.05, 0) is 29.3 Å². The number of halogens is 1. The molecule has 1 aromatic carbocycles. The van der Waals surface area contributed by atoms with Gasteiger partial charge in [0.15, 0.2) is 11.5 Å². The summed E-state index contributed by atoms with van der Waals surface area (Å²) >= 11 is 6.17. The van der Waals surface area contributed by atoms with Crippen molar-refractivity contribution in [1.29, 1.82) is 0 Å². The Balaban J connectivity index is 2.43. The third kappa shape index (κ3) is 2.80. The van der Waals surface area contributed by atoms with Crippen LogP contribution in [0.1, 0.15) is 17.2 Å². The lowest BCUT2D eigenvalue weighted by molar-refractivity contribution is 0.354. The Morgan fingerprint density at radius 1 is 1.21 bits per heavy atom. The van der Waals surface area contributed by atoms with Gasteiger partial charge in [-0.3, -0.25) is 4.98 Å². The molecule has 2 aromatic rings. The highest BCUT2D eigenvalue weighted by molar-refractivity contribution is 6.32. The Morgan fingerprint density at radius 2 is 2.00 bits per heavy atom. The lowest BCUT2D eigenvalue weighted by Gasteiger charge is -2.16. The van der Waals surface area contributed by atoms with Crippen LogP contribution >= 0.6 is 11.6 Å². The second-order valence-corrected chi connectivity index (χ2v) is 4.41. The van der Waals surface area contributed by atoms with Crippen molar-refractivity contribution < 1.29 is 9.47 Å². The summed E-state index contributed by atoms with van der Waals surface area (Å²) in [4.78, 5) is 4.06. The van der Waals surface area contributed by atoms with Crippen molar-refractivity contribution >= 4 is 11.6 Å². The van der Waals surface area contributed by atoms with E-state index in [1.807, 2.05) is 18.2 Å². The van der Waals surface area contributed by atoms with Crippen molar-refractivity contribution in [3.05, 3.63) is 52.8 Å². The molecule has 1 atom stereocenters. The molecule has 4 nitrogen and oxygen atoms in total. The van der Waals surface area contributed by atoms with Gasteiger partial charge in [0.25, 0.3) is 0 Å². The SMILES string of the molecule is COc1cc(C(N)c2cccnc2)cc(Cl)c1OC. The molecule has 0 saturated heterocycles. The van der Waals surface area contributed by atoms with Gasteiger partial charge in [0, 0.05) is 12.4 Å². The smallest absolute Gasteiger partial charge is 0.179 e. The molecule has 0 saturated carbocycles. The van der Waals surface area contributed by atoms with E-state index in [1.165, 1.54) is 0 Å². The molecule has 5 heteroatoms. The van der Waals surface area contributed by atoms with E-state index in [-0.39, 0.29) is 6.04 Å². The number of pyridine rings is 1. The van der Waals surface area contributed by atoms with E-state index in [2.05, 4.69) is 4.98 Å². The summed E-state index contributed by atoms with van der Waals surface area (Å²) in [5, 5.41) is 0.469. The third-order valence-electron chi connectivity index (χ3n) is 2.86. The van der Waals surface area contributed by atoms with Gasteiger partial charge in [0.1, 0.15) is 0 Å². The average molecular weight is 279 g/mol. The topological polar surface area (TPSA) is 57.4 Å². The molecule has 0 fully saturated rings. The van der Waals surface area contributed by atoms with Gasteiger partial charge in [-0.15, -0.1) is 0 Å². The summed E-state index contributed by atoms with van der Waals surface area (Å²) in [6.07, 6.45) is 3.44. The van der Waals surface area contributed by atoms with Crippen molar-refractivity contribution in [2.75, 3.05) is 14.2 Å². The Morgan fingerprint density at radius 3 is 2.58 bits per heavy atom. The molecule has 2 rings (SSSR count). The zero-order valence-corrected chi connectivity index (χ0v) is 11.5. The van der Waals surface area contributed by atoms with Gasteiger partial charge in [0.05, 0.1) is 25.3 Å². The van der Waals surface area contributed by atoms with Crippen molar-refractivity contribution in [3.8, 4) is 11.5 Å². The number of nitrogens with two attached hydrogens (primary N) is 1. The Kier molecular flexibility index (Phi) is 4.24. The Labute approximate surface area is 117 Å².